The lowest BCUT2D eigenvalue weighted by Gasteiger charge is -2.16. The number of benzene rings is 1. The Bertz CT molecular complexity index is 788. The summed E-state index contributed by atoms with van der Waals surface area (Å²) in [4.78, 5) is 13.0. The minimum absolute atomic E-state index is 0. The van der Waals surface area contributed by atoms with Crippen molar-refractivity contribution < 1.29 is 0 Å². The molecule has 1 saturated heterocycles. The highest BCUT2D eigenvalue weighted by Crippen LogP contribution is 2.21. The van der Waals surface area contributed by atoms with E-state index in [1.165, 1.54) is 28.9 Å². The summed E-state index contributed by atoms with van der Waals surface area (Å²) >= 11 is 1.78. The second-order valence-corrected chi connectivity index (χ2v) is 7.93. The van der Waals surface area contributed by atoms with Crippen molar-refractivity contribution in [3.05, 3.63) is 53.2 Å². The van der Waals surface area contributed by atoms with Crippen molar-refractivity contribution >= 4 is 47.5 Å². The Kier molecular flexibility index (Phi) is 10.1. The van der Waals surface area contributed by atoms with Crippen LogP contribution >= 0.6 is 35.7 Å². The molecule has 29 heavy (non-hydrogen) atoms. The molecule has 1 aromatic heterocycles. The smallest absolute Gasteiger partial charge is 0.191 e. The summed E-state index contributed by atoms with van der Waals surface area (Å²) in [7, 11) is 0. The molecule has 2 N–H and O–H groups in total. The Morgan fingerprint density at radius 1 is 1.17 bits per heavy atom. The van der Waals surface area contributed by atoms with Gasteiger partial charge in [-0.3, -0.25) is 0 Å². The van der Waals surface area contributed by atoms with Crippen LogP contribution in [-0.2, 0) is 13.1 Å². The molecule has 0 aliphatic carbocycles. The summed E-state index contributed by atoms with van der Waals surface area (Å²) in [5, 5.41) is 6.79. The van der Waals surface area contributed by atoms with Gasteiger partial charge < -0.3 is 15.5 Å². The van der Waals surface area contributed by atoms with E-state index in [9.17, 15) is 0 Å². The maximum atomic E-state index is 4.73. The van der Waals surface area contributed by atoms with E-state index >= 15 is 0 Å². The highest BCUT2D eigenvalue weighted by atomic mass is 127. The number of halogens is 1. The first-order valence-electron chi connectivity index (χ1n) is 10.0. The van der Waals surface area contributed by atoms with Crippen LogP contribution in [0.3, 0.4) is 0 Å². The van der Waals surface area contributed by atoms with Crippen LogP contribution in [0.4, 0.5) is 5.82 Å². The lowest BCUT2D eigenvalue weighted by Crippen LogP contribution is -2.36. The summed E-state index contributed by atoms with van der Waals surface area (Å²) in [6.45, 7) is 8.67. The minimum atomic E-state index is 0. The SMILES string of the molecule is CCNC(=NCc1ccc(N2CCCC2)nc1)NCc1ccc(C)cc1SC.I. The first kappa shape index (κ1) is 23.8. The number of aryl methyl sites for hydroxylation is 1. The topological polar surface area (TPSA) is 52.6 Å². The van der Waals surface area contributed by atoms with Gasteiger partial charge in [-0.2, -0.15) is 0 Å². The zero-order valence-corrected chi connectivity index (χ0v) is 20.7. The molecule has 0 amide bonds. The molecule has 158 valence electrons. The van der Waals surface area contributed by atoms with Crippen LogP contribution in [0.2, 0.25) is 0 Å². The summed E-state index contributed by atoms with van der Waals surface area (Å²) < 4.78 is 0. The van der Waals surface area contributed by atoms with Gasteiger partial charge in [0.1, 0.15) is 5.82 Å². The van der Waals surface area contributed by atoms with E-state index in [0.717, 1.165) is 43.5 Å². The fraction of sp³-hybridized carbons (Fsp3) is 0.455. The third-order valence-corrected chi connectivity index (χ3v) is 5.71. The van der Waals surface area contributed by atoms with Gasteiger partial charge in [-0.1, -0.05) is 18.2 Å². The van der Waals surface area contributed by atoms with E-state index in [2.05, 4.69) is 71.0 Å². The van der Waals surface area contributed by atoms with Crippen LogP contribution in [-0.4, -0.2) is 36.8 Å². The third kappa shape index (κ3) is 7.06. The summed E-state index contributed by atoms with van der Waals surface area (Å²) in [6, 6.07) is 10.8. The number of nitrogens with one attached hydrogen (secondary N) is 2. The zero-order valence-electron chi connectivity index (χ0n) is 17.6. The van der Waals surface area contributed by atoms with Crippen LogP contribution in [0.15, 0.2) is 46.4 Å². The molecule has 1 fully saturated rings. The Balaban J connectivity index is 0.00000300. The van der Waals surface area contributed by atoms with Gasteiger partial charge in [-0.25, -0.2) is 9.98 Å². The number of aromatic nitrogens is 1. The summed E-state index contributed by atoms with van der Waals surface area (Å²) in [6.07, 6.45) is 6.61. The molecule has 1 aliphatic rings. The number of nitrogens with zero attached hydrogens (tertiary/aromatic N) is 3. The standard InChI is InChI=1S/C22H31N5S.HI/c1-4-23-22(26-16-19-9-7-17(2)13-20(19)28-3)25-15-18-8-10-21(24-14-18)27-11-5-6-12-27;/h7-10,13-14H,4-6,11-12,15-16H2,1-3H3,(H2,23,25,26);1H. The molecule has 2 heterocycles. The lowest BCUT2D eigenvalue weighted by atomic mass is 10.1. The van der Waals surface area contributed by atoms with Gasteiger partial charge in [-0.15, -0.1) is 35.7 Å². The van der Waals surface area contributed by atoms with Crippen LogP contribution in [0.1, 0.15) is 36.5 Å². The molecule has 1 aromatic carbocycles. The number of hydrogen-bond donors (Lipinski definition) is 2. The van der Waals surface area contributed by atoms with Crippen LogP contribution in [0.25, 0.3) is 0 Å². The van der Waals surface area contributed by atoms with Crippen molar-refractivity contribution in [3.63, 3.8) is 0 Å². The second kappa shape index (κ2) is 12.3. The van der Waals surface area contributed by atoms with Gasteiger partial charge in [0.15, 0.2) is 5.96 Å². The lowest BCUT2D eigenvalue weighted by molar-refractivity contribution is 0.806. The Morgan fingerprint density at radius 3 is 2.62 bits per heavy atom. The Hall–Kier alpha value is -1.48. The number of rotatable bonds is 7. The van der Waals surface area contributed by atoms with E-state index in [-0.39, 0.29) is 24.0 Å². The highest BCUT2D eigenvalue weighted by Gasteiger charge is 2.12. The van der Waals surface area contributed by atoms with Crippen LogP contribution in [0, 0.1) is 6.92 Å². The van der Waals surface area contributed by atoms with Gasteiger partial charge in [-0.05, 0) is 61.8 Å². The van der Waals surface area contributed by atoms with E-state index in [4.69, 9.17) is 4.99 Å². The molecule has 1 aliphatic heterocycles. The zero-order chi connectivity index (χ0) is 19.8. The summed E-state index contributed by atoms with van der Waals surface area (Å²) in [5.41, 5.74) is 3.71. The number of pyridine rings is 1. The van der Waals surface area contributed by atoms with Gasteiger partial charge in [0.25, 0.3) is 0 Å². The van der Waals surface area contributed by atoms with E-state index in [1.807, 2.05) is 6.20 Å². The monoisotopic (exact) mass is 525 g/mol. The molecule has 0 unspecified atom stereocenters. The molecule has 3 rings (SSSR count). The normalized spacial score (nSPS) is 13.9. The first-order valence-corrected chi connectivity index (χ1v) is 11.3. The number of thioether (sulfide) groups is 1. The number of hydrogen-bond acceptors (Lipinski definition) is 4. The minimum Gasteiger partial charge on any atom is -0.357 e. The van der Waals surface area contributed by atoms with Gasteiger partial charge >= 0.3 is 0 Å². The summed E-state index contributed by atoms with van der Waals surface area (Å²) in [5.74, 6) is 1.91. The third-order valence-electron chi connectivity index (χ3n) is 4.89. The predicted octanol–water partition coefficient (Wildman–Crippen LogP) is 4.59. The van der Waals surface area contributed by atoms with Crippen molar-refractivity contribution in [2.24, 2.45) is 4.99 Å². The number of aliphatic imine (C=N–C) groups is 1. The van der Waals surface area contributed by atoms with Gasteiger partial charge in [0, 0.05) is 37.3 Å². The van der Waals surface area contributed by atoms with Gasteiger partial charge in [0.2, 0.25) is 0 Å². The van der Waals surface area contributed by atoms with E-state index in [0.29, 0.717) is 6.54 Å². The van der Waals surface area contributed by atoms with E-state index in [1.54, 1.807) is 11.8 Å². The van der Waals surface area contributed by atoms with Crippen molar-refractivity contribution in [1.29, 1.82) is 0 Å². The predicted molar refractivity (Wildman–Crippen MR) is 136 cm³/mol. The number of guanidine groups is 1. The highest BCUT2D eigenvalue weighted by molar-refractivity contribution is 14.0. The molecular weight excluding hydrogens is 493 g/mol. The second-order valence-electron chi connectivity index (χ2n) is 7.08. The van der Waals surface area contributed by atoms with Crippen molar-refractivity contribution in [1.82, 2.24) is 15.6 Å². The quantitative estimate of drug-likeness (QED) is 0.240. The molecule has 0 atom stereocenters. The Morgan fingerprint density at radius 2 is 1.97 bits per heavy atom. The first-order chi connectivity index (χ1) is 13.7. The Labute approximate surface area is 196 Å². The van der Waals surface area contributed by atoms with Gasteiger partial charge in [0.05, 0.1) is 6.54 Å². The largest absolute Gasteiger partial charge is 0.357 e. The van der Waals surface area contributed by atoms with E-state index < -0.39 is 0 Å². The maximum Gasteiger partial charge on any atom is 0.191 e. The van der Waals surface area contributed by atoms with Crippen LogP contribution < -0.4 is 15.5 Å². The molecule has 7 heteroatoms. The number of anilines is 1. The average Bonchev–Trinajstić information content (AvgIpc) is 3.26. The van der Waals surface area contributed by atoms with Crippen LogP contribution in [0.5, 0.6) is 0 Å². The average molecular weight is 526 g/mol. The fourth-order valence-electron chi connectivity index (χ4n) is 3.33. The van der Waals surface area contributed by atoms with Crippen molar-refractivity contribution in [2.45, 2.75) is 44.7 Å². The molecular formula is C22H32IN5S. The maximum absolute atomic E-state index is 4.73. The molecule has 0 spiro atoms. The van der Waals surface area contributed by atoms with Crippen molar-refractivity contribution in [3.8, 4) is 0 Å². The molecule has 5 nitrogen and oxygen atoms in total. The molecule has 0 saturated carbocycles. The van der Waals surface area contributed by atoms with Crippen molar-refractivity contribution in [2.75, 3.05) is 30.8 Å². The molecule has 0 radical (unpaired) electrons. The molecule has 2 aromatic rings. The fourth-order valence-corrected chi connectivity index (χ4v) is 4.04. The molecule has 0 bridgehead atoms.